The van der Waals surface area contributed by atoms with E-state index in [9.17, 15) is 4.79 Å². The van der Waals surface area contributed by atoms with Gasteiger partial charge in [0, 0.05) is 24.7 Å². The molecule has 0 fully saturated rings. The van der Waals surface area contributed by atoms with Gasteiger partial charge in [0.2, 0.25) is 0 Å². The highest BCUT2D eigenvalue weighted by Gasteiger charge is 2.12. The van der Waals surface area contributed by atoms with Gasteiger partial charge in [0.15, 0.2) is 0 Å². The Morgan fingerprint density at radius 1 is 1.10 bits per heavy atom. The number of halogens is 3. The van der Waals surface area contributed by atoms with Crippen LogP contribution in [0.15, 0.2) is 43.7 Å². The summed E-state index contributed by atoms with van der Waals surface area (Å²) in [6.45, 7) is 1.87. The molecule has 0 aliphatic heterocycles. The Morgan fingerprint density at radius 2 is 1.70 bits per heavy atom. The summed E-state index contributed by atoms with van der Waals surface area (Å²) >= 11 is 10.2. The molecule has 2 aromatic carbocycles. The van der Waals surface area contributed by atoms with Gasteiger partial charge in [-0.3, -0.25) is 4.79 Å². The molecule has 0 atom stereocenters. The molecule has 0 aromatic heterocycles. The van der Waals surface area contributed by atoms with E-state index in [1.165, 1.54) is 0 Å². The molecule has 3 nitrogen and oxygen atoms in total. The molecule has 20 heavy (non-hydrogen) atoms. The topological polar surface area (TPSA) is 55.1 Å². The number of nitrogens with one attached hydrogen (secondary N) is 1. The molecule has 0 unspecified atom stereocenters. The molecule has 6 heteroatoms. The third kappa shape index (κ3) is 3.42. The van der Waals surface area contributed by atoms with Crippen LogP contribution in [0.4, 0.5) is 11.4 Å². The van der Waals surface area contributed by atoms with Crippen LogP contribution in [0.5, 0.6) is 0 Å². The fraction of sp³-hybridized carbons (Fsp3) is 0.0714. The number of anilines is 2. The van der Waals surface area contributed by atoms with Crippen molar-refractivity contribution in [2.45, 2.75) is 6.92 Å². The summed E-state index contributed by atoms with van der Waals surface area (Å²) < 4.78 is 2.50. The lowest BCUT2D eigenvalue weighted by Crippen LogP contribution is -2.13. The zero-order chi connectivity index (χ0) is 14.9. The van der Waals surface area contributed by atoms with Gasteiger partial charge >= 0.3 is 0 Å². The first-order valence-corrected chi connectivity index (χ1v) is 8.08. The molecule has 3 N–H and O–H groups in total. The number of aryl methyl sites for hydroxylation is 1. The minimum Gasteiger partial charge on any atom is -0.399 e. The highest BCUT2D eigenvalue weighted by atomic mass is 79.9. The van der Waals surface area contributed by atoms with E-state index in [2.05, 4.69) is 53.1 Å². The van der Waals surface area contributed by atoms with Gasteiger partial charge < -0.3 is 11.1 Å². The predicted molar refractivity (Wildman–Crippen MR) is 93.1 cm³/mol. The molecule has 0 spiro atoms. The fourth-order valence-corrected chi connectivity index (χ4v) is 4.12. The van der Waals surface area contributed by atoms with E-state index in [-0.39, 0.29) is 5.91 Å². The number of carbonyl (C=O) groups excluding carboxylic acids is 1. The Labute approximate surface area is 142 Å². The summed E-state index contributed by atoms with van der Waals surface area (Å²) in [6.07, 6.45) is 0. The van der Waals surface area contributed by atoms with Gasteiger partial charge in [-0.15, -0.1) is 0 Å². The normalized spacial score (nSPS) is 10.4. The molecular formula is C14H11Br3N2O. The summed E-state index contributed by atoms with van der Waals surface area (Å²) in [7, 11) is 0. The number of carbonyl (C=O) groups is 1. The Hall–Kier alpha value is -0.850. The van der Waals surface area contributed by atoms with Crippen molar-refractivity contribution in [3.63, 3.8) is 0 Å². The number of benzene rings is 2. The van der Waals surface area contributed by atoms with Crippen LogP contribution >= 0.6 is 47.8 Å². The number of hydrogen-bond donors (Lipinski definition) is 2. The van der Waals surface area contributed by atoms with E-state index in [0.29, 0.717) is 16.9 Å². The van der Waals surface area contributed by atoms with Crippen LogP contribution in [0.25, 0.3) is 0 Å². The monoisotopic (exact) mass is 460 g/mol. The lowest BCUT2D eigenvalue weighted by molar-refractivity contribution is 0.102. The summed E-state index contributed by atoms with van der Waals surface area (Å²) in [4.78, 5) is 12.3. The zero-order valence-electron chi connectivity index (χ0n) is 10.5. The van der Waals surface area contributed by atoms with Crippen LogP contribution in [0.3, 0.4) is 0 Å². The van der Waals surface area contributed by atoms with Crippen LogP contribution < -0.4 is 11.1 Å². The third-order valence-electron chi connectivity index (χ3n) is 2.78. The fourth-order valence-electron chi connectivity index (χ4n) is 1.66. The van der Waals surface area contributed by atoms with E-state index in [1.54, 1.807) is 18.2 Å². The maximum atomic E-state index is 12.3. The van der Waals surface area contributed by atoms with Gasteiger partial charge in [-0.05, 0) is 74.7 Å². The first-order valence-electron chi connectivity index (χ1n) is 5.70. The van der Waals surface area contributed by atoms with Crippen LogP contribution in [-0.2, 0) is 0 Å². The molecule has 0 saturated carbocycles. The second-order valence-electron chi connectivity index (χ2n) is 4.27. The number of amides is 1. The predicted octanol–water partition coefficient (Wildman–Crippen LogP) is 5.12. The van der Waals surface area contributed by atoms with E-state index in [0.717, 1.165) is 19.0 Å². The van der Waals surface area contributed by atoms with Crippen molar-refractivity contribution in [3.05, 3.63) is 54.9 Å². The molecule has 2 aromatic rings. The highest BCUT2D eigenvalue weighted by Crippen LogP contribution is 2.34. The summed E-state index contributed by atoms with van der Waals surface area (Å²) in [5.41, 5.74) is 8.56. The van der Waals surface area contributed by atoms with Crippen molar-refractivity contribution in [2.75, 3.05) is 11.1 Å². The molecule has 0 radical (unpaired) electrons. The molecule has 0 heterocycles. The molecule has 0 aliphatic carbocycles. The van der Waals surface area contributed by atoms with Gasteiger partial charge in [-0.25, -0.2) is 0 Å². The first kappa shape index (κ1) is 15.5. The lowest BCUT2D eigenvalue weighted by Gasteiger charge is -2.11. The molecule has 0 bridgehead atoms. The second-order valence-corrected chi connectivity index (χ2v) is 6.89. The Bertz CT molecular complexity index is 663. The number of nitrogens with two attached hydrogens (primary N) is 1. The standard InChI is InChI=1S/C14H11Br3N2O/c1-7-4-8(2-3-12(7)18)14(20)19-13-10(16)5-9(15)6-11(13)17/h2-6H,18H2,1H3,(H,19,20). The average molecular weight is 463 g/mol. The second kappa shape index (κ2) is 6.28. The summed E-state index contributed by atoms with van der Waals surface area (Å²) in [5.74, 6) is -0.183. The highest BCUT2D eigenvalue weighted by molar-refractivity contribution is 9.11. The lowest BCUT2D eigenvalue weighted by atomic mass is 10.1. The third-order valence-corrected chi connectivity index (χ3v) is 4.49. The number of rotatable bonds is 2. The van der Waals surface area contributed by atoms with Crippen molar-refractivity contribution >= 4 is 65.1 Å². The van der Waals surface area contributed by atoms with E-state index >= 15 is 0 Å². The van der Waals surface area contributed by atoms with Crippen molar-refractivity contribution in [1.29, 1.82) is 0 Å². The van der Waals surface area contributed by atoms with Gasteiger partial charge in [0.1, 0.15) is 0 Å². The maximum absolute atomic E-state index is 12.3. The van der Waals surface area contributed by atoms with Crippen LogP contribution in [0.2, 0.25) is 0 Å². The number of hydrogen-bond acceptors (Lipinski definition) is 2. The largest absolute Gasteiger partial charge is 0.399 e. The average Bonchev–Trinajstić information content (AvgIpc) is 2.36. The quantitative estimate of drug-likeness (QED) is 0.609. The Morgan fingerprint density at radius 3 is 2.25 bits per heavy atom. The van der Waals surface area contributed by atoms with E-state index in [1.807, 2.05) is 19.1 Å². The van der Waals surface area contributed by atoms with Gasteiger partial charge in [0.05, 0.1) is 5.69 Å². The molecular weight excluding hydrogens is 452 g/mol. The molecule has 0 saturated heterocycles. The van der Waals surface area contributed by atoms with Crippen molar-refractivity contribution < 1.29 is 4.79 Å². The molecule has 0 aliphatic rings. The summed E-state index contributed by atoms with van der Waals surface area (Å²) in [5, 5.41) is 2.87. The Balaban J connectivity index is 2.30. The molecule has 1 amide bonds. The van der Waals surface area contributed by atoms with Crippen LogP contribution in [0, 0.1) is 6.92 Å². The van der Waals surface area contributed by atoms with Gasteiger partial charge in [-0.1, -0.05) is 15.9 Å². The van der Waals surface area contributed by atoms with Gasteiger partial charge in [0.25, 0.3) is 5.91 Å². The van der Waals surface area contributed by atoms with Crippen LogP contribution in [0.1, 0.15) is 15.9 Å². The van der Waals surface area contributed by atoms with Crippen molar-refractivity contribution in [3.8, 4) is 0 Å². The zero-order valence-corrected chi connectivity index (χ0v) is 15.3. The summed E-state index contributed by atoms with van der Waals surface area (Å²) in [6, 6.07) is 8.95. The van der Waals surface area contributed by atoms with Gasteiger partial charge in [-0.2, -0.15) is 0 Å². The number of nitrogen functional groups attached to an aromatic ring is 1. The maximum Gasteiger partial charge on any atom is 0.255 e. The molecule has 2 rings (SSSR count). The molecule has 104 valence electrons. The van der Waals surface area contributed by atoms with Crippen molar-refractivity contribution in [1.82, 2.24) is 0 Å². The van der Waals surface area contributed by atoms with Crippen molar-refractivity contribution in [2.24, 2.45) is 0 Å². The Kier molecular flexibility index (Phi) is 4.88. The minimum atomic E-state index is -0.183. The SMILES string of the molecule is Cc1cc(C(=O)Nc2c(Br)cc(Br)cc2Br)ccc1N. The van der Waals surface area contributed by atoms with E-state index < -0.39 is 0 Å². The minimum absolute atomic E-state index is 0.183. The smallest absolute Gasteiger partial charge is 0.255 e. The van der Waals surface area contributed by atoms with E-state index in [4.69, 9.17) is 5.73 Å². The first-order chi connectivity index (χ1) is 9.38. The van der Waals surface area contributed by atoms with Crippen LogP contribution in [-0.4, -0.2) is 5.91 Å².